The summed E-state index contributed by atoms with van der Waals surface area (Å²) in [5.41, 5.74) is 5.45. The molecule has 0 aliphatic heterocycles. The molecule has 5 aromatic rings. The maximum absolute atomic E-state index is 13.2. The summed E-state index contributed by atoms with van der Waals surface area (Å²) >= 11 is 0. The summed E-state index contributed by atoms with van der Waals surface area (Å²) in [6, 6.07) is 21.7. The van der Waals surface area contributed by atoms with E-state index in [1.807, 2.05) is 55.5 Å². The fourth-order valence-electron chi connectivity index (χ4n) is 4.32. The molecular weight excluding hydrogens is 456 g/mol. The molecule has 9 nitrogen and oxygen atoms in total. The minimum atomic E-state index is -0.438. The molecule has 182 valence electrons. The van der Waals surface area contributed by atoms with Gasteiger partial charge in [0.25, 0.3) is 5.56 Å². The van der Waals surface area contributed by atoms with Gasteiger partial charge >= 0.3 is 5.69 Å². The summed E-state index contributed by atoms with van der Waals surface area (Å²) in [5.74, 6) is 1.12. The lowest BCUT2D eigenvalue weighted by Gasteiger charge is -2.12. The Morgan fingerprint density at radius 1 is 0.972 bits per heavy atom. The number of nitrogens with zero attached hydrogens (tertiary/aromatic N) is 5. The minimum Gasteiger partial charge on any atom is -0.497 e. The average molecular weight is 483 g/mol. The highest BCUT2D eigenvalue weighted by molar-refractivity contribution is 5.99. The molecule has 0 bridgehead atoms. The maximum Gasteiger partial charge on any atom is 0.332 e. The van der Waals surface area contributed by atoms with Crippen molar-refractivity contribution in [2.75, 3.05) is 12.5 Å². The van der Waals surface area contributed by atoms with Crippen LogP contribution in [0.5, 0.6) is 5.75 Å². The van der Waals surface area contributed by atoms with Crippen LogP contribution < -0.4 is 21.4 Å². The normalized spacial score (nSPS) is 11.8. The van der Waals surface area contributed by atoms with Gasteiger partial charge in [-0.2, -0.15) is 10.1 Å². The summed E-state index contributed by atoms with van der Waals surface area (Å²) < 4.78 is 9.48. The van der Waals surface area contributed by atoms with E-state index in [4.69, 9.17) is 4.74 Å². The van der Waals surface area contributed by atoms with Gasteiger partial charge in [0.2, 0.25) is 5.95 Å². The highest BCUT2D eigenvalue weighted by atomic mass is 16.5. The Balaban J connectivity index is 1.65. The molecule has 36 heavy (non-hydrogen) atoms. The first-order chi connectivity index (χ1) is 17.4. The number of aromatic nitrogens is 4. The van der Waals surface area contributed by atoms with E-state index in [1.165, 1.54) is 11.6 Å². The number of hydrogen-bond acceptors (Lipinski definition) is 6. The number of aryl methyl sites for hydroxylation is 1. The summed E-state index contributed by atoms with van der Waals surface area (Å²) in [4.78, 5) is 30.4. The molecule has 9 heteroatoms. The van der Waals surface area contributed by atoms with Crippen molar-refractivity contribution < 1.29 is 4.74 Å². The predicted molar refractivity (Wildman–Crippen MR) is 142 cm³/mol. The van der Waals surface area contributed by atoms with E-state index in [1.54, 1.807) is 18.7 Å². The zero-order valence-corrected chi connectivity index (χ0v) is 20.5. The lowest BCUT2D eigenvalue weighted by atomic mass is 10.0. The van der Waals surface area contributed by atoms with Gasteiger partial charge < -0.3 is 4.74 Å². The quantitative estimate of drug-likeness (QED) is 0.295. The Bertz CT molecular complexity index is 1740. The van der Waals surface area contributed by atoms with Gasteiger partial charge in [0.1, 0.15) is 5.75 Å². The number of hydrogen-bond donors (Lipinski definition) is 1. The van der Waals surface area contributed by atoms with E-state index in [0.717, 1.165) is 37.9 Å². The molecule has 5 rings (SSSR count). The summed E-state index contributed by atoms with van der Waals surface area (Å²) in [6.07, 6.45) is 0. The number of benzene rings is 3. The average Bonchev–Trinajstić information content (AvgIpc) is 3.27. The molecule has 0 saturated carbocycles. The molecule has 0 spiro atoms. The zero-order valence-electron chi connectivity index (χ0n) is 20.5. The van der Waals surface area contributed by atoms with E-state index in [0.29, 0.717) is 23.7 Å². The molecule has 0 aliphatic rings. The van der Waals surface area contributed by atoms with Crippen molar-refractivity contribution in [3.05, 3.63) is 98.7 Å². The van der Waals surface area contributed by atoms with E-state index in [9.17, 15) is 9.59 Å². The topological polar surface area (TPSA) is 95.4 Å². The fraction of sp³-hybridized carbons (Fsp3) is 0.185. The van der Waals surface area contributed by atoms with Crippen molar-refractivity contribution in [2.45, 2.75) is 13.5 Å². The number of rotatable bonds is 6. The molecule has 0 fully saturated rings. The van der Waals surface area contributed by atoms with Crippen LogP contribution in [0.4, 0.5) is 5.95 Å². The van der Waals surface area contributed by atoms with Crippen LogP contribution in [-0.2, 0) is 20.6 Å². The second-order valence-electron chi connectivity index (χ2n) is 8.58. The van der Waals surface area contributed by atoms with E-state index >= 15 is 0 Å². The third kappa shape index (κ3) is 3.94. The first-order valence-corrected chi connectivity index (χ1v) is 11.5. The largest absolute Gasteiger partial charge is 0.497 e. The molecule has 2 heterocycles. The zero-order chi connectivity index (χ0) is 25.4. The van der Waals surface area contributed by atoms with Gasteiger partial charge in [0.15, 0.2) is 11.2 Å². The van der Waals surface area contributed by atoms with Crippen LogP contribution in [-0.4, -0.2) is 31.5 Å². The highest BCUT2D eigenvalue weighted by Gasteiger charge is 2.20. The van der Waals surface area contributed by atoms with Gasteiger partial charge in [-0.1, -0.05) is 42.5 Å². The SMILES string of the molecule is COc1ccc(C(C)=NNc2nc3c(c(=O)n(C)c(=O)n3C)n2Cc2cccc3ccccc23)cc1. The molecule has 0 saturated heterocycles. The molecule has 0 unspecified atom stereocenters. The second-order valence-corrected chi connectivity index (χ2v) is 8.58. The second kappa shape index (κ2) is 9.18. The van der Waals surface area contributed by atoms with Gasteiger partial charge in [0.05, 0.1) is 19.4 Å². The Kier molecular flexibility index (Phi) is 5.89. The Morgan fingerprint density at radius 2 is 1.69 bits per heavy atom. The number of nitrogens with one attached hydrogen (secondary N) is 1. The Morgan fingerprint density at radius 3 is 2.44 bits per heavy atom. The lowest BCUT2D eigenvalue weighted by Crippen LogP contribution is -2.37. The predicted octanol–water partition coefficient (Wildman–Crippen LogP) is 3.48. The summed E-state index contributed by atoms with van der Waals surface area (Å²) in [6.45, 7) is 2.24. The first kappa shape index (κ1) is 23.1. The van der Waals surface area contributed by atoms with Gasteiger partial charge in [-0.05, 0) is 53.1 Å². The number of ether oxygens (including phenoxy) is 1. The lowest BCUT2D eigenvalue weighted by molar-refractivity contribution is 0.415. The smallest absolute Gasteiger partial charge is 0.332 e. The molecule has 0 aliphatic carbocycles. The molecule has 1 N–H and O–H groups in total. The van der Waals surface area contributed by atoms with Gasteiger partial charge in [-0.15, -0.1) is 0 Å². The molecule has 2 aromatic heterocycles. The number of fused-ring (bicyclic) bond motifs is 2. The van der Waals surface area contributed by atoms with Crippen molar-refractivity contribution in [1.82, 2.24) is 18.7 Å². The Labute approximate surface area is 206 Å². The van der Waals surface area contributed by atoms with Crippen LogP contribution in [0.25, 0.3) is 21.9 Å². The summed E-state index contributed by atoms with van der Waals surface area (Å²) in [7, 11) is 4.70. The van der Waals surface area contributed by atoms with E-state index in [2.05, 4.69) is 33.7 Å². The minimum absolute atomic E-state index is 0.295. The maximum atomic E-state index is 13.2. The van der Waals surface area contributed by atoms with Gasteiger partial charge in [-0.3, -0.25) is 18.5 Å². The number of anilines is 1. The number of methoxy groups -OCH3 is 1. The van der Waals surface area contributed by atoms with Crippen molar-refractivity contribution >= 4 is 33.6 Å². The van der Waals surface area contributed by atoms with E-state index < -0.39 is 11.2 Å². The molecule has 0 radical (unpaired) electrons. The van der Waals surface area contributed by atoms with Gasteiger partial charge in [0, 0.05) is 14.1 Å². The van der Waals surface area contributed by atoms with Crippen LogP contribution in [0.15, 0.2) is 81.4 Å². The van der Waals surface area contributed by atoms with Crippen molar-refractivity contribution in [3.63, 3.8) is 0 Å². The number of imidazole rings is 1. The van der Waals surface area contributed by atoms with Crippen LogP contribution in [0, 0.1) is 0 Å². The van der Waals surface area contributed by atoms with Crippen LogP contribution >= 0.6 is 0 Å². The molecule has 3 aromatic carbocycles. The third-order valence-electron chi connectivity index (χ3n) is 6.39. The van der Waals surface area contributed by atoms with Crippen LogP contribution in [0.2, 0.25) is 0 Å². The Hall–Kier alpha value is -4.66. The fourth-order valence-corrected chi connectivity index (χ4v) is 4.32. The molecule has 0 amide bonds. The van der Waals surface area contributed by atoms with Crippen LogP contribution in [0.1, 0.15) is 18.1 Å². The van der Waals surface area contributed by atoms with Crippen molar-refractivity contribution in [3.8, 4) is 5.75 Å². The number of hydrazone groups is 1. The van der Waals surface area contributed by atoms with E-state index in [-0.39, 0.29) is 0 Å². The van der Waals surface area contributed by atoms with Crippen molar-refractivity contribution in [1.29, 1.82) is 0 Å². The molecule has 0 atom stereocenters. The monoisotopic (exact) mass is 482 g/mol. The van der Waals surface area contributed by atoms with Gasteiger partial charge in [-0.25, -0.2) is 10.2 Å². The van der Waals surface area contributed by atoms with Crippen molar-refractivity contribution in [2.24, 2.45) is 19.2 Å². The molecular formula is C27H26N6O3. The highest BCUT2D eigenvalue weighted by Crippen LogP contribution is 2.23. The van der Waals surface area contributed by atoms with Crippen LogP contribution in [0.3, 0.4) is 0 Å². The third-order valence-corrected chi connectivity index (χ3v) is 6.39. The summed E-state index contributed by atoms with van der Waals surface area (Å²) in [5, 5.41) is 6.71. The standard InChI is InChI=1S/C27H26N6O3/c1-17(18-12-14-21(36-4)15-13-18)29-30-26-28-24-23(25(34)32(3)27(35)31(24)2)33(26)16-20-10-7-9-19-8-5-6-11-22(19)20/h5-15H,16H2,1-4H3,(H,28,30). The first-order valence-electron chi connectivity index (χ1n) is 11.5.